The average molecular weight is 586 g/mol. The zero-order chi connectivity index (χ0) is 28.4. The van der Waals surface area contributed by atoms with E-state index in [-0.39, 0.29) is 33.7 Å². The lowest BCUT2D eigenvalue weighted by atomic mass is 9.56. The predicted octanol–water partition coefficient (Wildman–Crippen LogP) is 5.36. The Morgan fingerprint density at radius 2 is 1.77 bits per heavy atom. The second kappa shape index (κ2) is 11.9. The molecule has 5 rings (SSSR count). The van der Waals surface area contributed by atoms with Crippen LogP contribution in [-0.2, 0) is 16.0 Å². The third kappa shape index (κ3) is 5.62. The number of halogens is 2. The summed E-state index contributed by atoms with van der Waals surface area (Å²) in [5, 5.41) is 16.6. The Morgan fingerprint density at radius 3 is 2.40 bits per heavy atom. The molecule has 2 aromatic rings. The summed E-state index contributed by atoms with van der Waals surface area (Å²) in [4.78, 5) is 44.9. The molecule has 3 N–H and O–H groups in total. The molecule has 2 heterocycles. The molecule has 8 nitrogen and oxygen atoms in total. The number of nitrogens with zero attached hydrogens (tertiary/aromatic N) is 2. The fraction of sp³-hybridized carbons (Fsp3) is 0.467. The van der Waals surface area contributed by atoms with Crippen molar-refractivity contribution in [3.63, 3.8) is 0 Å². The fourth-order valence-electron chi connectivity index (χ4n) is 6.48. The molecule has 1 saturated heterocycles. The van der Waals surface area contributed by atoms with Crippen LogP contribution in [0, 0.1) is 11.3 Å². The zero-order valence-corrected chi connectivity index (χ0v) is 24.0. The van der Waals surface area contributed by atoms with Crippen molar-refractivity contribution in [1.82, 2.24) is 15.2 Å². The first-order chi connectivity index (χ1) is 19.2. The van der Waals surface area contributed by atoms with Crippen LogP contribution >= 0.6 is 23.2 Å². The van der Waals surface area contributed by atoms with Crippen LogP contribution < -0.4 is 10.6 Å². The molecular formula is C30H34Cl2N4O4. The number of carboxylic acid groups (broad SMARTS) is 1. The fourth-order valence-corrected chi connectivity index (χ4v) is 7.01. The van der Waals surface area contributed by atoms with Crippen molar-refractivity contribution in [2.24, 2.45) is 11.3 Å². The minimum absolute atomic E-state index is 0.137. The molecular weight excluding hydrogens is 551 g/mol. The number of aromatic nitrogens is 1. The molecule has 212 valence electrons. The van der Waals surface area contributed by atoms with E-state index in [2.05, 4.69) is 27.6 Å². The van der Waals surface area contributed by atoms with Crippen LogP contribution in [0.15, 0.2) is 47.9 Å². The SMILES string of the molecule is CN1CCCC(C2=C(NC(Cc3ccc(NC(=O)c4c(Cl)cncc4Cl)cc3)C(=O)O)C3(CCCCC3)C2=O)C1. The van der Waals surface area contributed by atoms with Crippen molar-refractivity contribution in [3.8, 4) is 0 Å². The normalized spacial score (nSPS) is 21.6. The minimum atomic E-state index is -0.961. The van der Waals surface area contributed by atoms with Gasteiger partial charge in [-0.3, -0.25) is 14.6 Å². The molecule has 1 aromatic carbocycles. The largest absolute Gasteiger partial charge is 0.480 e. The number of anilines is 1. The van der Waals surface area contributed by atoms with Crippen molar-refractivity contribution >= 4 is 46.5 Å². The lowest BCUT2D eigenvalue weighted by Gasteiger charge is -2.50. The van der Waals surface area contributed by atoms with Gasteiger partial charge in [0, 0.05) is 48.2 Å². The number of ketones is 1. The second-order valence-corrected chi connectivity index (χ2v) is 12.0. The van der Waals surface area contributed by atoms with Crippen LogP contribution in [0.1, 0.15) is 60.9 Å². The van der Waals surface area contributed by atoms with E-state index in [4.69, 9.17) is 23.2 Å². The summed E-state index contributed by atoms with van der Waals surface area (Å²) in [6.07, 6.45) is 9.56. The predicted molar refractivity (Wildman–Crippen MR) is 155 cm³/mol. The number of amides is 1. The van der Waals surface area contributed by atoms with E-state index in [1.54, 1.807) is 24.3 Å². The monoisotopic (exact) mass is 584 g/mol. The third-order valence-corrected chi connectivity index (χ3v) is 9.09. The number of Topliss-reactive ketones (excluding diaryl/α,β-unsaturated/α-hetero) is 1. The van der Waals surface area contributed by atoms with Gasteiger partial charge in [0.1, 0.15) is 6.04 Å². The maximum absolute atomic E-state index is 13.6. The van der Waals surface area contributed by atoms with Crippen LogP contribution in [0.3, 0.4) is 0 Å². The van der Waals surface area contributed by atoms with Crippen molar-refractivity contribution in [1.29, 1.82) is 0 Å². The molecule has 2 unspecified atom stereocenters. The molecule has 1 aliphatic heterocycles. The van der Waals surface area contributed by atoms with E-state index in [1.165, 1.54) is 12.4 Å². The quantitative estimate of drug-likeness (QED) is 0.383. The number of aliphatic carboxylic acids is 1. The molecule has 10 heteroatoms. The Balaban J connectivity index is 1.33. The highest BCUT2D eigenvalue weighted by Crippen LogP contribution is 2.54. The third-order valence-electron chi connectivity index (χ3n) is 8.52. The zero-order valence-electron chi connectivity index (χ0n) is 22.5. The highest BCUT2D eigenvalue weighted by molar-refractivity contribution is 6.40. The van der Waals surface area contributed by atoms with Gasteiger partial charge in [-0.25, -0.2) is 4.79 Å². The molecule has 40 heavy (non-hydrogen) atoms. The Labute approximate surface area is 244 Å². The summed E-state index contributed by atoms with van der Waals surface area (Å²) in [6.45, 7) is 1.84. The Morgan fingerprint density at radius 1 is 1.10 bits per heavy atom. The van der Waals surface area contributed by atoms with Crippen molar-refractivity contribution < 1.29 is 19.5 Å². The number of carbonyl (C=O) groups excluding carboxylic acids is 2. The smallest absolute Gasteiger partial charge is 0.326 e. The molecule has 1 aromatic heterocycles. The average Bonchev–Trinajstić information content (AvgIpc) is 2.93. The van der Waals surface area contributed by atoms with E-state index in [9.17, 15) is 19.5 Å². The van der Waals surface area contributed by atoms with Gasteiger partial charge < -0.3 is 20.6 Å². The van der Waals surface area contributed by atoms with Gasteiger partial charge in [-0.1, -0.05) is 54.6 Å². The Kier molecular flexibility index (Phi) is 8.50. The number of hydrogen-bond acceptors (Lipinski definition) is 6. The van der Waals surface area contributed by atoms with E-state index in [0.717, 1.165) is 74.9 Å². The summed E-state index contributed by atoms with van der Waals surface area (Å²) in [5.74, 6) is -1.05. The number of hydrogen-bond donors (Lipinski definition) is 3. The Hall–Kier alpha value is -2.94. The van der Waals surface area contributed by atoms with Crippen LogP contribution in [0.25, 0.3) is 0 Å². The number of nitrogens with one attached hydrogen (secondary N) is 2. The van der Waals surface area contributed by atoms with Gasteiger partial charge in [-0.05, 0) is 57.0 Å². The van der Waals surface area contributed by atoms with E-state index >= 15 is 0 Å². The van der Waals surface area contributed by atoms with E-state index in [1.807, 2.05) is 0 Å². The first-order valence-electron chi connectivity index (χ1n) is 13.9. The summed E-state index contributed by atoms with van der Waals surface area (Å²) >= 11 is 12.2. The number of likely N-dealkylation sites (tertiary alicyclic amines) is 1. The van der Waals surface area contributed by atoms with Gasteiger partial charge in [0.05, 0.1) is 21.0 Å². The first kappa shape index (κ1) is 28.6. The number of pyridine rings is 1. The molecule has 2 aliphatic carbocycles. The molecule has 2 fully saturated rings. The van der Waals surface area contributed by atoms with Gasteiger partial charge in [0.25, 0.3) is 5.91 Å². The van der Waals surface area contributed by atoms with Crippen molar-refractivity contribution in [2.75, 3.05) is 25.5 Å². The molecule has 3 aliphatic rings. The van der Waals surface area contributed by atoms with Crippen molar-refractivity contribution in [3.05, 3.63) is 69.1 Å². The second-order valence-electron chi connectivity index (χ2n) is 11.2. The minimum Gasteiger partial charge on any atom is -0.480 e. The number of carboxylic acids is 1. The molecule has 1 saturated carbocycles. The molecule has 0 bridgehead atoms. The topological polar surface area (TPSA) is 112 Å². The number of carbonyl (C=O) groups is 3. The van der Waals surface area contributed by atoms with Gasteiger partial charge in [0.15, 0.2) is 5.78 Å². The number of rotatable bonds is 8. The highest BCUT2D eigenvalue weighted by Gasteiger charge is 2.56. The van der Waals surface area contributed by atoms with Gasteiger partial charge in [0.2, 0.25) is 0 Å². The highest BCUT2D eigenvalue weighted by atomic mass is 35.5. The number of allylic oxidation sites excluding steroid dienone is 1. The van der Waals surface area contributed by atoms with Crippen LogP contribution in [0.2, 0.25) is 10.0 Å². The molecule has 1 amide bonds. The van der Waals surface area contributed by atoms with Crippen LogP contribution in [-0.4, -0.2) is 58.8 Å². The summed E-state index contributed by atoms with van der Waals surface area (Å²) in [7, 11) is 2.08. The first-order valence-corrected chi connectivity index (χ1v) is 14.6. The van der Waals surface area contributed by atoms with Gasteiger partial charge >= 0.3 is 5.97 Å². The lowest BCUT2D eigenvalue weighted by molar-refractivity contribution is -0.140. The summed E-state index contributed by atoms with van der Waals surface area (Å²) in [5.41, 5.74) is 2.60. The standard InChI is InChI=1S/C30H34Cl2N4O4/c1-36-13-5-6-19(17-36)24-26(30(27(24)37)11-3-2-4-12-30)35-23(29(39)40)14-18-7-9-20(10-8-18)34-28(38)25-21(31)15-33-16-22(25)32/h7-10,15-16,19,23,35H,2-6,11-14,17H2,1H3,(H,34,38)(H,39,40). The van der Waals surface area contributed by atoms with Crippen molar-refractivity contribution in [2.45, 2.75) is 57.4 Å². The van der Waals surface area contributed by atoms with Crippen LogP contribution in [0.5, 0.6) is 0 Å². The summed E-state index contributed by atoms with van der Waals surface area (Å²) in [6, 6.07) is 6.13. The molecule has 2 atom stereocenters. The lowest BCUT2D eigenvalue weighted by Crippen LogP contribution is -2.56. The number of piperidine rings is 1. The molecule has 1 spiro atoms. The summed E-state index contributed by atoms with van der Waals surface area (Å²) < 4.78 is 0. The van der Waals surface area contributed by atoms with Gasteiger partial charge in [-0.2, -0.15) is 0 Å². The number of benzene rings is 1. The maximum Gasteiger partial charge on any atom is 0.326 e. The van der Waals surface area contributed by atoms with E-state index < -0.39 is 23.3 Å². The van der Waals surface area contributed by atoms with Gasteiger partial charge in [-0.15, -0.1) is 0 Å². The Bertz CT molecular complexity index is 1320. The van der Waals surface area contributed by atoms with Crippen LogP contribution in [0.4, 0.5) is 5.69 Å². The molecule has 0 radical (unpaired) electrons. The maximum atomic E-state index is 13.6. The van der Waals surface area contributed by atoms with E-state index in [0.29, 0.717) is 5.69 Å².